The van der Waals surface area contributed by atoms with E-state index in [1.54, 1.807) is 0 Å². The zero-order valence-electron chi connectivity index (χ0n) is 11.8. The van der Waals surface area contributed by atoms with Crippen molar-refractivity contribution in [1.82, 2.24) is 4.90 Å². The maximum absolute atomic E-state index is 12.8. The fourth-order valence-corrected chi connectivity index (χ4v) is 2.36. The lowest BCUT2D eigenvalue weighted by Gasteiger charge is -2.38. The molecule has 0 aliphatic carbocycles. The Labute approximate surface area is 120 Å². The van der Waals surface area contributed by atoms with Crippen LogP contribution < -0.4 is 5.73 Å². The number of nitrogens with two attached hydrogens (primary N) is 1. The van der Waals surface area contributed by atoms with Crippen LogP contribution in [-0.4, -0.2) is 36.1 Å². The van der Waals surface area contributed by atoms with Gasteiger partial charge in [0.2, 0.25) is 0 Å². The van der Waals surface area contributed by atoms with Gasteiger partial charge in [-0.05, 0) is 26.0 Å². The second-order valence-corrected chi connectivity index (χ2v) is 5.60. The van der Waals surface area contributed by atoms with E-state index in [0.29, 0.717) is 19.7 Å². The second-order valence-electron chi connectivity index (χ2n) is 5.60. The van der Waals surface area contributed by atoms with Gasteiger partial charge in [-0.3, -0.25) is 4.79 Å². The number of nitrogen functional groups attached to an aromatic ring is 1. The van der Waals surface area contributed by atoms with Crippen LogP contribution in [0, 0.1) is 0 Å². The van der Waals surface area contributed by atoms with Crippen molar-refractivity contribution in [1.29, 1.82) is 0 Å². The van der Waals surface area contributed by atoms with Crippen molar-refractivity contribution in [3.05, 3.63) is 29.3 Å². The quantitative estimate of drug-likeness (QED) is 0.811. The molecule has 0 bridgehead atoms. The molecule has 2 N–H and O–H groups in total. The Bertz CT molecular complexity index is 556. The summed E-state index contributed by atoms with van der Waals surface area (Å²) in [5.74, 6) is -0.505. The number of hydrogen-bond acceptors (Lipinski definition) is 3. The molecule has 1 aliphatic heterocycles. The average molecular weight is 302 g/mol. The van der Waals surface area contributed by atoms with Gasteiger partial charge in [-0.1, -0.05) is 6.07 Å². The molecule has 7 heteroatoms. The summed E-state index contributed by atoms with van der Waals surface area (Å²) in [7, 11) is 0. The molecule has 4 nitrogen and oxygen atoms in total. The van der Waals surface area contributed by atoms with Crippen LogP contribution in [0.25, 0.3) is 0 Å². The van der Waals surface area contributed by atoms with Gasteiger partial charge in [-0.15, -0.1) is 0 Å². The fraction of sp³-hybridized carbons (Fsp3) is 0.500. The molecule has 116 valence electrons. The molecule has 1 heterocycles. The van der Waals surface area contributed by atoms with E-state index in [4.69, 9.17) is 10.5 Å². The Morgan fingerprint density at radius 2 is 2.05 bits per heavy atom. The topological polar surface area (TPSA) is 55.6 Å². The Morgan fingerprint density at radius 3 is 2.62 bits per heavy atom. The lowest BCUT2D eigenvalue weighted by Crippen LogP contribution is -2.50. The van der Waals surface area contributed by atoms with E-state index < -0.39 is 28.9 Å². The molecular weight excluding hydrogens is 285 g/mol. The highest BCUT2D eigenvalue weighted by molar-refractivity contribution is 6.00. The van der Waals surface area contributed by atoms with Crippen LogP contribution in [0.4, 0.5) is 18.9 Å². The van der Waals surface area contributed by atoms with Crippen LogP contribution in [0.1, 0.15) is 29.8 Å². The van der Waals surface area contributed by atoms with Gasteiger partial charge in [0.25, 0.3) is 5.91 Å². The van der Waals surface area contributed by atoms with Crippen molar-refractivity contribution < 1.29 is 22.7 Å². The van der Waals surface area contributed by atoms with Crippen molar-refractivity contribution in [3.8, 4) is 0 Å². The van der Waals surface area contributed by atoms with E-state index >= 15 is 0 Å². The van der Waals surface area contributed by atoms with E-state index in [9.17, 15) is 18.0 Å². The van der Waals surface area contributed by atoms with Gasteiger partial charge in [0.15, 0.2) is 0 Å². The number of hydrogen-bond donors (Lipinski definition) is 1. The third-order valence-electron chi connectivity index (χ3n) is 3.35. The standard InChI is InChI=1S/C14H17F3N2O2/c1-13(2)8-19(6-7-21-13)12(20)9-4-3-5-10(11(9)18)14(15,16)17/h3-5H,6-8,18H2,1-2H3. The summed E-state index contributed by atoms with van der Waals surface area (Å²) < 4.78 is 44.0. The van der Waals surface area contributed by atoms with Crippen LogP contribution in [0.15, 0.2) is 18.2 Å². The van der Waals surface area contributed by atoms with Gasteiger partial charge in [0.05, 0.1) is 29.0 Å². The van der Waals surface area contributed by atoms with Crippen LogP contribution >= 0.6 is 0 Å². The molecule has 0 saturated carbocycles. The number of halogens is 3. The minimum Gasteiger partial charge on any atom is -0.398 e. The minimum atomic E-state index is -4.58. The van der Waals surface area contributed by atoms with Gasteiger partial charge in [-0.25, -0.2) is 0 Å². The normalized spacial score (nSPS) is 18.6. The largest absolute Gasteiger partial charge is 0.418 e. The molecule has 1 aromatic carbocycles. The molecule has 1 fully saturated rings. The highest BCUT2D eigenvalue weighted by atomic mass is 19.4. The number of para-hydroxylation sites is 1. The van der Waals surface area contributed by atoms with Crippen molar-refractivity contribution in [2.24, 2.45) is 0 Å². The number of ether oxygens (including phenoxy) is 1. The van der Waals surface area contributed by atoms with Crippen LogP contribution in [0.2, 0.25) is 0 Å². The van der Waals surface area contributed by atoms with Gasteiger partial charge in [0.1, 0.15) is 0 Å². The highest BCUT2D eigenvalue weighted by Gasteiger charge is 2.36. The van der Waals surface area contributed by atoms with Gasteiger partial charge in [-0.2, -0.15) is 13.2 Å². The maximum atomic E-state index is 12.8. The molecule has 1 aromatic rings. The molecular formula is C14H17F3N2O2. The first-order valence-electron chi connectivity index (χ1n) is 6.51. The molecule has 1 aliphatic rings. The highest BCUT2D eigenvalue weighted by Crippen LogP contribution is 2.35. The molecule has 2 rings (SSSR count). The van der Waals surface area contributed by atoms with Crippen molar-refractivity contribution in [2.75, 3.05) is 25.4 Å². The molecule has 0 atom stereocenters. The van der Waals surface area contributed by atoms with Gasteiger partial charge < -0.3 is 15.4 Å². The molecule has 0 radical (unpaired) electrons. The Balaban J connectivity index is 2.32. The third-order valence-corrected chi connectivity index (χ3v) is 3.35. The maximum Gasteiger partial charge on any atom is 0.418 e. The summed E-state index contributed by atoms with van der Waals surface area (Å²) in [6, 6.07) is 3.38. The summed E-state index contributed by atoms with van der Waals surface area (Å²) in [6.45, 7) is 4.63. The molecule has 0 spiro atoms. The van der Waals surface area contributed by atoms with Crippen molar-refractivity contribution in [3.63, 3.8) is 0 Å². The van der Waals surface area contributed by atoms with E-state index in [2.05, 4.69) is 0 Å². The lowest BCUT2D eigenvalue weighted by molar-refractivity contribution is -0.136. The number of nitrogens with zero attached hydrogens (tertiary/aromatic N) is 1. The predicted octanol–water partition coefficient (Wildman–Crippen LogP) is 2.54. The number of alkyl halides is 3. The van der Waals surface area contributed by atoms with Crippen molar-refractivity contribution in [2.45, 2.75) is 25.6 Å². The molecule has 1 amide bonds. The van der Waals surface area contributed by atoms with E-state index in [-0.39, 0.29) is 5.56 Å². The minimum absolute atomic E-state index is 0.123. The van der Waals surface area contributed by atoms with Crippen LogP contribution in [0.3, 0.4) is 0 Å². The summed E-state index contributed by atoms with van der Waals surface area (Å²) in [6.07, 6.45) is -4.58. The third kappa shape index (κ3) is 3.29. The zero-order valence-corrected chi connectivity index (χ0v) is 11.8. The molecule has 0 unspecified atom stereocenters. The van der Waals surface area contributed by atoms with Crippen LogP contribution in [0.5, 0.6) is 0 Å². The number of carbonyl (C=O) groups is 1. The SMILES string of the molecule is CC1(C)CN(C(=O)c2cccc(C(F)(F)F)c2N)CCO1. The Hall–Kier alpha value is -1.76. The number of rotatable bonds is 1. The summed E-state index contributed by atoms with van der Waals surface area (Å²) >= 11 is 0. The zero-order chi connectivity index (χ0) is 15.8. The summed E-state index contributed by atoms with van der Waals surface area (Å²) in [5.41, 5.74) is 3.39. The average Bonchev–Trinajstić information content (AvgIpc) is 2.35. The Morgan fingerprint density at radius 1 is 1.38 bits per heavy atom. The summed E-state index contributed by atoms with van der Waals surface area (Å²) in [5, 5.41) is 0. The Kier molecular flexibility index (Phi) is 3.88. The monoisotopic (exact) mass is 302 g/mol. The number of morpholine rings is 1. The number of benzene rings is 1. The number of carbonyl (C=O) groups excluding carboxylic acids is 1. The molecule has 1 saturated heterocycles. The molecule has 21 heavy (non-hydrogen) atoms. The van der Waals surface area contributed by atoms with Gasteiger partial charge in [0, 0.05) is 13.1 Å². The number of amides is 1. The first-order valence-corrected chi connectivity index (χ1v) is 6.51. The van der Waals surface area contributed by atoms with Gasteiger partial charge >= 0.3 is 6.18 Å². The van der Waals surface area contributed by atoms with E-state index in [1.165, 1.54) is 17.0 Å². The lowest BCUT2D eigenvalue weighted by atomic mass is 10.0. The first-order chi connectivity index (χ1) is 9.62. The smallest absolute Gasteiger partial charge is 0.398 e. The van der Waals surface area contributed by atoms with Crippen LogP contribution in [-0.2, 0) is 10.9 Å². The van der Waals surface area contributed by atoms with E-state index in [1.807, 2.05) is 13.8 Å². The second kappa shape index (κ2) is 5.22. The summed E-state index contributed by atoms with van der Waals surface area (Å²) in [4.78, 5) is 13.9. The fourth-order valence-electron chi connectivity index (χ4n) is 2.36. The first kappa shape index (κ1) is 15.6. The predicted molar refractivity (Wildman–Crippen MR) is 71.8 cm³/mol. The molecule has 0 aromatic heterocycles. The van der Waals surface area contributed by atoms with Crippen molar-refractivity contribution >= 4 is 11.6 Å². The number of anilines is 1. The van der Waals surface area contributed by atoms with E-state index in [0.717, 1.165) is 6.07 Å².